The summed E-state index contributed by atoms with van der Waals surface area (Å²) >= 11 is 0. The number of sulfone groups is 1. The summed E-state index contributed by atoms with van der Waals surface area (Å²) in [5.74, 6) is 0.546. The van der Waals surface area contributed by atoms with Gasteiger partial charge >= 0.3 is 0 Å². The fourth-order valence-corrected chi connectivity index (χ4v) is 5.14. The van der Waals surface area contributed by atoms with E-state index in [1.54, 1.807) is 51.1 Å². The van der Waals surface area contributed by atoms with Gasteiger partial charge in [-0.05, 0) is 57.5 Å². The van der Waals surface area contributed by atoms with Crippen molar-refractivity contribution in [2.45, 2.75) is 48.4 Å². The molecule has 0 heterocycles. The number of halogens is 1. The van der Waals surface area contributed by atoms with Crippen molar-refractivity contribution in [2.24, 2.45) is 0 Å². The van der Waals surface area contributed by atoms with E-state index < -0.39 is 36.6 Å². The van der Waals surface area contributed by atoms with Crippen LogP contribution in [0.2, 0.25) is 0 Å². The molecule has 1 N–H and O–H groups in total. The topological polar surface area (TPSA) is 72.5 Å². The van der Waals surface area contributed by atoms with Gasteiger partial charge in [-0.1, -0.05) is 30.3 Å². The molecule has 154 valence electrons. The standard InChI is InChI=1S/C20H26FNO4S2/c1-19(2,3)27(23)22-20(4,15-11-13-16(26-5)14-12-15)18(21)28(24,25)17-9-7-6-8-10-17/h6-14,18,22H,1-5H3/t18-,20-,27-/m1/s1. The lowest BCUT2D eigenvalue weighted by molar-refractivity contribution is 0.261. The van der Waals surface area contributed by atoms with Gasteiger partial charge in [0.05, 0.1) is 33.3 Å². The molecule has 0 saturated carbocycles. The highest BCUT2D eigenvalue weighted by atomic mass is 32.2. The van der Waals surface area contributed by atoms with Gasteiger partial charge in [-0.25, -0.2) is 21.7 Å². The predicted octanol–water partition coefficient (Wildman–Crippen LogP) is 3.73. The van der Waals surface area contributed by atoms with E-state index in [1.165, 1.54) is 38.3 Å². The smallest absolute Gasteiger partial charge is 0.227 e. The summed E-state index contributed by atoms with van der Waals surface area (Å²) in [6.07, 6.45) is 0. The van der Waals surface area contributed by atoms with Gasteiger partial charge in [-0.3, -0.25) is 0 Å². The Kier molecular flexibility index (Phi) is 6.68. The van der Waals surface area contributed by atoms with E-state index in [9.17, 15) is 12.6 Å². The number of hydrogen-bond donors (Lipinski definition) is 1. The maximum atomic E-state index is 15.7. The Hall–Kier alpha value is -1.77. The lowest BCUT2D eigenvalue weighted by Crippen LogP contribution is -2.54. The largest absolute Gasteiger partial charge is 0.497 e. The number of nitrogens with one attached hydrogen (secondary N) is 1. The predicted molar refractivity (Wildman–Crippen MR) is 110 cm³/mol. The molecule has 5 nitrogen and oxygen atoms in total. The van der Waals surface area contributed by atoms with Gasteiger partial charge in [0.1, 0.15) is 5.75 Å². The monoisotopic (exact) mass is 427 g/mol. The van der Waals surface area contributed by atoms with Crippen LogP contribution in [0.15, 0.2) is 59.5 Å². The molecule has 0 radical (unpaired) electrons. The summed E-state index contributed by atoms with van der Waals surface area (Å²) in [4.78, 5) is -0.134. The summed E-state index contributed by atoms with van der Waals surface area (Å²) < 4.78 is 61.6. The van der Waals surface area contributed by atoms with Crippen LogP contribution in [0.1, 0.15) is 33.3 Å². The normalized spacial score (nSPS) is 16.8. The second kappa shape index (κ2) is 8.31. The molecule has 0 aromatic heterocycles. The average molecular weight is 428 g/mol. The summed E-state index contributed by atoms with van der Waals surface area (Å²) in [5.41, 5.74) is -3.78. The third kappa shape index (κ3) is 4.61. The van der Waals surface area contributed by atoms with Gasteiger partial charge in [0.2, 0.25) is 15.3 Å². The van der Waals surface area contributed by atoms with Crippen molar-refractivity contribution in [1.82, 2.24) is 4.72 Å². The highest BCUT2D eigenvalue weighted by Crippen LogP contribution is 2.35. The molecule has 0 amide bonds. The van der Waals surface area contributed by atoms with Crippen molar-refractivity contribution in [3.8, 4) is 5.75 Å². The molecule has 0 unspecified atom stereocenters. The van der Waals surface area contributed by atoms with Crippen LogP contribution in [0.3, 0.4) is 0 Å². The first-order chi connectivity index (χ1) is 12.9. The first-order valence-corrected chi connectivity index (χ1v) is 11.4. The Morgan fingerprint density at radius 3 is 2.00 bits per heavy atom. The first-order valence-electron chi connectivity index (χ1n) is 8.70. The average Bonchev–Trinajstić information content (AvgIpc) is 2.67. The van der Waals surface area contributed by atoms with Gasteiger partial charge in [-0.15, -0.1) is 0 Å². The van der Waals surface area contributed by atoms with Gasteiger partial charge in [0.15, 0.2) is 0 Å². The SMILES string of the molecule is COc1ccc([C@@](C)(N[S@](=O)C(C)(C)C)[C@H](F)S(=O)(=O)c2ccccc2)cc1. The Morgan fingerprint density at radius 1 is 1.00 bits per heavy atom. The van der Waals surface area contributed by atoms with Crippen molar-refractivity contribution in [1.29, 1.82) is 0 Å². The molecule has 28 heavy (non-hydrogen) atoms. The van der Waals surface area contributed by atoms with E-state index in [2.05, 4.69) is 4.72 Å². The molecular weight excluding hydrogens is 401 g/mol. The molecule has 3 atom stereocenters. The van der Waals surface area contributed by atoms with Crippen LogP contribution >= 0.6 is 0 Å². The summed E-state index contributed by atoms with van der Waals surface area (Å²) in [6.45, 7) is 6.58. The summed E-state index contributed by atoms with van der Waals surface area (Å²) in [7, 11) is -4.56. The molecule has 2 aromatic rings. The van der Waals surface area contributed by atoms with Gasteiger partial charge in [0, 0.05) is 0 Å². The van der Waals surface area contributed by atoms with E-state index in [-0.39, 0.29) is 4.90 Å². The second-order valence-corrected chi connectivity index (χ2v) is 11.5. The molecular formula is C20H26FNO4S2. The van der Waals surface area contributed by atoms with Crippen LogP contribution in [0.25, 0.3) is 0 Å². The fourth-order valence-electron chi connectivity index (χ4n) is 2.56. The molecule has 0 spiro atoms. The Balaban J connectivity index is 2.58. The number of benzene rings is 2. The minimum absolute atomic E-state index is 0.134. The van der Waals surface area contributed by atoms with Crippen molar-refractivity contribution < 1.29 is 21.8 Å². The molecule has 0 aliphatic carbocycles. The first kappa shape index (κ1) is 22.5. The zero-order valence-corrected chi connectivity index (χ0v) is 18.2. The van der Waals surface area contributed by atoms with Crippen LogP contribution in [-0.4, -0.2) is 30.0 Å². The Bertz CT molecular complexity index is 925. The maximum absolute atomic E-state index is 15.7. The number of methoxy groups -OCH3 is 1. The van der Waals surface area contributed by atoms with E-state index in [0.29, 0.717) is 11.3 Å². The molecule has 8 heteroatoms. The van der Waals surface area contributed by atoms with Crippen LogP contribution in [0.4, 0.5) is 4.39 Å². The molecule has 0 aliphatic heterocycles. The second-order valence-electron chi connectivity index (χ2n) is 7.59. The minimum Gasteiger partial charge on any atom is -0.497 e. The van der Waals surface area contributed by atoms with Crippen molar-refractivity contribution in [2.75, 3.05) is 7.11 Å². The van der Waals surface area contributed by atoms with Gasteiger partial charge < -0.3 is 4.74 Å². The van der Waals surface area contributed by atoms with Crippen molar-refractivity contribution in [3.63, 3.8) is 0 Å². The zero-order chi connectivity index (χ0) is 21.2. The Morgan fingerprint density at radius 2 is 1.54 bits per heavy atom. The van der Waals surface area contributed by atoms with E-state index in [4.69, 9.17) is 4.74 Å². The molecule has 0 saturated heterocycles. The highest BCUT2D eigenvalue weighted by molar-refractivity contribution is 7.92. The van der Waals surface area contributed by atoms with E-state index in [1.807, 2.05) is 0 Å². The maximum Gasteiger partial charge on any atom is 0.227 e. The summed E-state index contributed by atoms with van der Waals surface area (Å²) in [6, 6.07) is 13.8. The van der Waals surface area contributed by atoms with Crippen LogP contribution in [0.5, 0.6) is 5.75 Å². The quantitative estimate of drug-likeness (QED) is 0.731. The lowest BCUT2D eigenvalue weighted by Gasteiger charge is -2.36. The van der Waals surface area contributed by atoms with Gasteiger partial charge in [-0.2, -0.15) is 0 Å². The third-order valence-corrected chi connectivity index (χ3v) is 8.02. The fraction of sp³-hybridized carbons (Fsp3) is 0.400. The van der Waals surface area contributed by atoms with Crippen LogP contribution in [-0.2, 0) is 26.4 Å². The molecule has 0 fully saturated rings. The van der Waals surface area contributed by atoms with Gasteiger partial charge in [0.25, 0.3) is 0 Å². The van der Waals surface area contributed by atoms with Crippen LogP contribution < -0.4 is 9.46 Å². The minimum atomic E-state index is -4.35. The molecule has 0 aliphatic rings. The number of rotatable bonds is 7. The number of ether oxygens (including phenoxy) is 1. The van der Waals surface area contributed by atoms with Crippen molar-refractivity contribution in [3.05, 3.63) is 60.2 Å². The number of alkyl halides is 1. The van der Waals surface area contributed by atoms with Crippen LogP contribution in [0, 0.1) is 0 Å². The van der Waals surface area contributed by atoms with E-state index >= 15 is 4.39 Å². The summed E-state index contributed by atoms with van der Waals surface area (Å²) in [5, 5.41) is 0. The zero-order valence-electron chi connectivity index (χ0n) is 16.6. The lowest BCUT2D eigenvalue weighted by atomic mass is 9.94. The number of hydrogen-bond acceptors (Lipinski definition) is 4. The third-order valence-electron chi connectivity index (χ3n) is 4.35. The molecule has 2 aromatic carbocycles. The molecule has 2 rings (SSSR count). The Labute approximate surface area is 168 Å². The van der Waals surface area contributed by atoms with Crippen molar-refractivity contribution >= 4 is 20.8 Å². The van der Waals surface area contributed by atoms with E-state index in [0.717, 1.165) is 0 Å². The molecule has 0 bridgehead atoms. The highest BCUT2D eigenvalue weighted by Gasteiger charge is 2.47.